The molecule has 28 heavy (non-hydrogen) atoms. The van der Waals surface area contributed by atoms with Crippen LogP contribution in [-0.2, 0) is 16.1 Å². The summed E-state index contributed by atoms with van der Waals surface area (Å²) in [6.07, 6.45) is 3.03. The highest BCUT2D eigenvalue weighted by Crippen LogP contribution is 2.24. The van der Waals surface area contributed by atoms with Gasteiger partial charge in [0.2, 0.25) is 5.91 Å². The zero-order chi connectivity index (χ0) is 19.4. The van der Waals surface area contributed by atoms with Crippen molar-refractivity contribution in [2.75, 3.05) is 13.2 Å². The molecule has 0 saturated carbocycles. The summed E-state index contributed by atoms with van der Waals surface area (Å²) in [5.41, 5.74) is 9.21. The number of para-hydroxylation sites is 1. The maximum atomic E-state index is 12.7. The average molecular weight is 376 g/mol. The fourth-order valence-corrected chi connectivity index (χ4v) is 3.41. The van der Waals surface area contributed by atoms with Gasteiger partial charge in [-0.3, -0.25) is 4.79 Å². The molecule has 0 bridgehead atoms. The third-order valence-corrected chi connectivity index (χ3v) is 5.13. The minimum Gasteiger partial charge on any atom is -0.381 e. The Morgan fingerprint density at radius 1 is 1.07 bits per heavy atom. The summed E-state index contributed by atoms with van der Waals surface area (Å²) in [4.78, 5) is 12.7. The van der Waals surface area contributed by atoms with Gasteiger partial charge in [-0.2, -0.15) is 5.10 Å². The SMILES string of the molecule is NC1(C(=O)NCc2cn(-c3ccccc3)nc2-c2ccccc2)CCOCC1. The molecule has 1 aromatic heterocycles. The van der Waals surface area contributed by atoms with E-state index in [0.29, 0.717) is 32.6 Å². The van der Waals surface area contributed by atoms with E-state index in [9.17, 15) is 4.79 Å². The Morgan fingerprint density at radius 3 is 2.39 bits per heavy atom. The van der Waals surface area contributed by atoms with Crippen molar-refractivity contribution in [2.45, 2.75) is 24.9 Å². The molecule has 1 fully saturated rings. The van der Waals surface area contributed by atoms with Crippen LogP contribution < -0.4 is 11.1 Å². The van der Waals surface area contributed by atoms with Crippen molar-refractivity contribution >= 4 is 5.91 Å². The molecule has 2 aromatic carbocycles. The fourth-order valence-electron chi connectivity index (χ4n) is 3.41. The Morgan fingerprint density at radius 2 is 1.71 bits per heavy atom. The van der Waals surface area contributed by atoms with E-state index in [4.69, 9.17) is 15.6 Å². The van der Waals surface area contributed by atoms with Crippen LogP contribution in [0.3, 0.4) is 0 Å². The highest BCUT2D eigenvalue weighted by Gasteiger charge is 2.35. The number of nitrogens with zero attached hydrogens (tertiary/aromatic N) is 2. The lowest BCUT2D eigenvalue weighted by molar-refractivity contribution is -0.129. The lowest BCUT2D eigenvalue weighted by atomic mass is 9.90. The second-order valence-electron chi connectivity index (χ2n) is 7.10. The van der Waals surface area contributed by atoms with Crippen LogP contribution in [0.15, 0.2) is 66.9 Å². The summed E-state index contributed by atoms with van der Waals surface area (Å²) in [5, 5.41) is 7.78. The van der Waals surface area contributed by atoms with Gasteiger partial charge in [0.25, 0.3) is 0 Å². The molecule has 1 amide bonds. The first-order valence-electron chi connectivity index (χ1n) is 9.50. The topological polar surface area (TPSA) is 82.2 Å². The average Bonchev–Trinajstić information content (AvgIpc) is 3.18. The van der Waals surface area contributed by atoms with E-state index in [1.54, 1.807) is 0 Å². The van der Waals surface area contributed by atoms with Gasteiger partial charge in [-0.15, -0.1) is 0 Å². The van der Waals surface area contributed by atoms with Crippen molar-refractivity contribution in [2.24, 2.45) is 5.73 Å². The number of hydrogen-bond donors (Lipinski definition) is 2. The third kappa shape index (κ3) is 3.83. The quantitative estimate of drug-likeness (QED) is 0.717. The number of ether oxygens (including phenoxy) is 1. The van der Waals surface area contributed by atoms with E-state index in [-0.39, 0.29) is 5.91 Å². The highest BCUT2D eigenvalue weighted by atomic mass is 16.5. The van der Waals surface area contributed by atoms with Crippen LogP contribution in [0.2, 0.25) is 0 Å². The molecule has 0 spiro atoms. The maximum Gasteiger partial charge on any atom is 0.240 e. The number of amides is 1. The number of benzene rings is 2. The van der Waals surface area contributed by atoms with Crippen molar-refractivity contribution in [1.29, 1.82) is 0 Å². The van der Waals surface area contributed by atoms with E-state index in [1.165, 1.54) is 0 Å². The molecule has 144 valence electrons. The van der Waals surface area contributed by atoms with Gasteiger partial charge >= 0.3 is 0 Å². The lowest BCUT2D eigenvalue weighted by Crippen LogP contribution is -2.56. The molecular formula is C22H24N4O2. The fraction of sp³-hybridized carbons (Fsp3) is 0.273. The normalized spacial score (nSPS) is 15.9. The Kier molecular flexibility index (Phi) is 5.23. The third-order valence-electron chi connectivity index (χ3n) is 5.13. The molecule has 3 aromatic rings. The summed E-state index contributed by atoms with van der Waals surface area (Å²) in [7, 11) is 0. The van der Waals surface area contributed by atoms with E-state index in [2.05, 4.69) is 5.32 Å². The Balaban J connectivity index is 1.60. The number of rotatable bonds is 5. The molecule has 0 radical (unpaired) electrons. The second kappa shape index (κ2) is 7.96. The zero-order valence-electron chi connectivity index (χ0n) is 15.7. The highest BCUT2D eigenvalue weighted by molar-refractivity contribution is 5.86. The standard InChI is InChI=1S/C22H24N4O2/c23-22(11-13-28-14-12-22)21(27)24-15-18-16-26(19-9-5-2-6-10-19)25-20(18)17-7-3-1-4-8-17/h1-10,16H,11-15,23H2,(H,24,27). The van der Waals surface area contributed by atoms with Crippen LogP contribution in [-0.4, -0.2) is 34.4 Å². The number of carbonyl (C=O) groups excluding carboxylic acids is 1. The summed E-state index contributed by atoms with van der Waals surface area (Å²) < 4.78 is 7.18. The van der Waals surface area contributed by atoms with Crippen LogP contribution in [0.25, 0.3) is 16.9 Å². The van der Waals surface area contributed by atoms with Gasteiger partial charge in [0, 0.05) is 37.1 Å². The number of nitrogens with one attached hydrogen (secondary N) is 1. The number of hydrogen-bond acceptors (Lipinski definition) is 4. The molecule has 1 saturated heterocycles. The predicted octanol–water partition coefficient (Wildman–Crippen LogP) is 2.66. The van der Waals surface area contributed by atoms with Gasteiger partial charge in [-0.05, 0) is 25.0 Å². The lowest BCUT2D eigenvalue weighted by Gasteiger charge is -2.31. The van der Waals surface area contributed by atoms with Gasteiger partial charge in [0.15, 0.2) is 0 Å². The molecule has 3 N–H and O–H groups in total. The minimum atomic E-state index is -0.861. The van der Waals surface area contributed by atoms with Crippen molar-refractivity contribution in [3.63, 3.8) is 0 Å². The Bertz CT molecular complexity index is 932. The van der Waals surface area contributed by atoms with Gasteiger partial charge in [-0.25, -0.2) is 4.68 Å². The van der Waals surface area contributed by atoms with Gasteiger partial charge in [0.1, 0.15) is 0 Å². The summed E-state index contributed by atoms with van der Waals surface area (Å²) in [6.45, 7) is 1.41. The molecule has 1 aliphatic rings. The zero-order valence-corrected chi connectivity index (χ0v) is 15.7. The van der Waals surface area contributed by atoms with Crippen molar-refractivity contribution in [1.82, 2.24) is 15.1 Å². The minimum absolute atomic E-state index is 0.137. The molecule has 0 atom stereocenters. The molecule has 1 aliphatic heterocycles. The summed E-state index contributed by atoms with van der Waals surface area (Å²) >= 11 is 0. The molecule has 6 heteroatoms. The Hall–Kier alpha value is -2.96. The van der Waals surface area contributed by atoms with E-state index in [1.807, 2.05) is 71.5 Å². The summed E-state index contributed by atoms with van der Waals surface area (Å²) in [5.74, 6) is -0.137. The molecule has 6 nitrogen and oxygen atoms in total. The first kappa shape index (κ1) is 18.4. The van der Waals surface area contributed by atoms with Crippen molar-refractivity contribution < 1.29 is 9.53 Å². The van der Waals surface area contributed by atoms with Gasteiger partial charge in [-0.1, -0.05) is 48.5 Å². The number of nitrogens with two attached hydrogens (primary N) is 1. The van der Waals surface area contributed by atoms with Crippen molar-refractivity contribution in [3.8, 4) is 16.9 Å². The molecule has 2 heterocycles. The maximum absolute atomic E-state index is 12.7. The van der Waals surface area contributed by atoms with Crippen LogP contribution in [0.4, 0.5) is 0 Å². The van der Waals surface area contributed by atoms with Crippen LogP contribution >= 0.6 is 0 Å². The summed E-state index contributed by atoms with van der Waals surface area (Å²) in [6, 6.07) is 19.9. The van der Waals surface area contributed by atoms with Crippen molar-refractivity contribution in [3.05, 3.63) is 72.4 Å². The number of carbonyl (C=O) groups is 1. The molecule has 4 rings (SSSR count). The van der Waals surface area contributed by atoms with Crippen LogP contribution in [0, 0.1) is 0 Å². The van der Waals surface area contributed by atoms with Gasteiger partial charge < -0.3 is 15.8 Å². The molecule has 0 unspecified atom stereocenters. The number of aromatic nitrogens is 2. The van der Waals surface area contributed by atoms with Crippen LogP contribution in [0.1, 0.15) is 18.4 Å². The molecular weight excluding hydrogens is 352 g/mol. The van der Waals surface area contributed by atoms with E-state index in [0.717, 1.165) is 22.5 Å². The Labute approximate surface area is 164 Å². The molecule has 0 aliphatic carbocycles. The second-order valence-corrected chi connectivity index (χ2v) is 7.10. The first-order chi connectivity index (χ1) is 13.7. The van der Waals surface area contributed by atoms with Crippen LogP contribution in [0.5, 0.6) is 0 Å². The first-order valence-corrected chi connectivity index (χ1v) is 9.50. The largest absolute Gasteiger partial charge is 0.381 e. The van der Waals surface area contributed by atoms with Gasteiger partial charge in [0.05, 0.1) is 16.9 Å². The smallest absolute Gasteiger partial charge is 0.240 e. The predicted molar refractivity (Wildman–Crippen MR) is 108 cm³/mol. The monoisotopic (exact) mass is 376 g/mol. The van der Waals surface area contributed by atoms with E-state index < -0.39 is 5.54 Å². The van der Waals surface area contributed by atoms with E-state index >= 15 is 0 Å².